The van der Waals surface area contributed by atoms with Gasteiger partial charge in [-0.15, -0.1) is 0 Å². The molecule has 0 spiro atoms. The SMILES string of the molecule is Cc1ccc(CC(O)c2c(F)cccc2Cl)cc1. The first kappa shape index (κ1) is 13.1. The molecule has 0 saturated heterocycles. The van der Waals surface area contributed by atoms with Gasteiger partial charge in [-0.1, -0.05) is 47.5 Å². The fourth-order valence-electron chi connectivity index (χ4n) is 1.88. The average molecular weight is 265 g/mol. The molecule has 94 valence electrons. The number of aliphatic hydroxyl groups is 1. The van der Waals surface area contributed by atoms with E-state index in [2.05, 4.69) is 0 Å². The van der Waals surface area contributed by atoms with E-state index in [1.807, 2.05) is 31.2 Å². The Hall–Kier alpha value is -1.38. The Morgan fingerprint density at radius 1 is 1.17 bits per heavy atom. The predicted molar refractivity (Wildman–Crippen MR) is 71.3 cm³/mol. The van der Waals surface area contributed by atoms with Crippen molar-refractivity contribution in [2.45, 2.75) is 19.4 Å². The maximum absolute atomic E-state index is 13.6. The Morgan fingerprint density at radius 3 is 2.44 bits per heavy atom. The first-order valence-electron chi connectivity index (χ1n) is 5.75. The van der Waals surface area contributed by atoms with Gasteiger partial charge in [0, 0.05) is 17.0 Å². The van der Waals surface area contributed by atoms with Crippen molar-refractivity contribution in [3.05, 3.63) is 70.0 Å². The van der Waals surface area contributed by atoms with Crippen LogP contribution in [0.1, 0.15) is 22.8 Å². The Bertz CT molecular complexity index is 516. The van der Waals surface area contributed by atoms with Crippen LogP contribution in [-0.2, 0) is 6.42 Å². The van der Waals surface area contributed by atoms with Crippen molar-refractivity contribution in [1.29, 1.82) is 0 Å². The number of hydrogen-bond acceptors (Lipinski definition) is 1. The van der Waals surface area contributed by atoms with Crippen LogP contribution >= 0.6 is 11.6 Å². The Morgan fingerprint density at radius 2 is 1.83 bits per heavy atom. The van der Waals surface area contributed by atoms with Gasteiger partial charge in [-0.05, 0) is 24.6 Å². The third-order valence-electron chi connectivity index (χ3n) is 2.88. The predicted octanol–water partition coefficient (Wildman–Crippen LogP) is 4.06. The molecular formula is C15H14ClFO. The van der Waals surface area contributed by atoms with E-state index in [4.69, 9.17) is 11.6 Å². The number of hydrogen-bond donors (Lipinski definition) is 1. The van der Waals surface area contributed by atoms with E-state index < -0.39 is 11.9 Å². The second-order valence-corrected chi connectivity index (χ2v) is 4.75. The smallest absolute Gasteiger partial charge is 0.130 e. The average Bonchev–Trinajstić information content (AvgIpc) is 2.32. The van der Waals surface area contributed by atoms with Crippen LogP contribution in [0.25, 0.3) is 0 Å². The molecule has 0 saturated carbocycles. The Balaban J connectivity index is 2.22. The first-order chi connectivity index (χ1) is 8.58. The van der Waals surface area contributed by atoms with Crippen LogP contribution in [0.2, 0.25) is 5.02 Å². The summed E-state index contributed by atoms with van der Waals surface area (Å²) in [6.07, 6.45) is -0.581. The molecule has 0 aliphatic carbocycles. The van der Waals surface area contributed by atoms with Crippen LogP contribution in [-0.4, -0.2) is 5.11 Å². The van der Waals surface area contributed by atoms with Gasteiger partial charge >= 0.3 is 0 Å². The zero-order valence-corrected chi connectivity index (χ0v) is 10.8. The lowest BCUT2D eigenvalue weighted by molar-refractivity contribution is 0.174. The van der Waals surface area contributed by atoms with Gasteiger partial charge in [0.15, 0.2) is 0 Å². The molecule has 0 heterocycles. The lowest BCUT2D eigenvalue weighted by Crippen LogP contribution is -2.05. The molecule has 2 aromatic rings. The number of benzene rings is 2. The second kappa shape index (κ2) is 5.51. The lowest BCUT2D eigenvalue weighted by Gasteiger charge is -2.13. The minimum Gasteiger partial charge on any atom is -0.388 e. The Kier molecular flexibility index (Phi) is 4.00. The van der Waals surface area contributed by atoms with Crippen molar-refractivity contribution in [3.8, 4) is 0 Å². The normalized spacial score (nSPS) is 12.4. The highest BCUT2D eigenvalue weighted by Gasteiger charge is 2.16. The van der Waals surface area contributed by atoms with Gasteiger partial charge in [-0.3, -0.25) is 0 Å². The molecule has 3 heteroatoms. The van der Waals surface area contributed by atoms with Crippen molar-refractivity contribution in [3.63, 3.8) is 0 Å². The molecule has 1 N–H and O–H groups in total. The van der Waals surface area contributed by atoms with Crippen LogP contribution in [0.5, 0.6) is 0 Å². The van der Waals surface area contributed by atoms with Gasteiger partial charge in [-0.25, -0.2) is 4.39 Å². The molecule has 0 radical (unpaired) electrons. The summed E-state index contributed by atoms with van der Waals surface area (Å²) in [6.45, 7) is 1.99. The summed E-state index contributed by atoms with van der Waals surface area (Å²) < 4.78 is 13.6. The Labute approximate surface area is 111 Å². The van der Waals surface area contributed by atoms with E-state index in [1.165, 1.54) is 12.1 Å². The summed E-state index contributed by atoms with van der Waals surface area (Å²) in [5, 5.41) is 10.3. The maximum atomic E-state index is 13.6. The molecule has 0 aromatic heterocycles. The highest BCUT2D eigenvalue weighted by atomic mass is 35.5. The highest BCUT2D eigenvalue weighted by molar-refractivity contribution is 6.31. The van der Waals surface area contributed by atoms with Gasteiger partial charge in [0.1, 0.15) is 5.82 Å². The summed E-state index contributed by atoms with van der Waals surface area (Å²) >= 11 is 5.92. The first-order valence-corrected chi connectivity index (χ1v) is 6.13. The van der Waals surface area contributed by atoms with Crippen molar-refractivity contribution >= 4 is 11.6 Å². The molecule has 2 aromatic carbocycles. The van der Waals surface area contributed by atoms with E-state index in [-0.39, 0.29) is 10.6 Å². The van der Waals surface area contributed by atoms with Crippen molar-refractivity contribution in [1.82, 2.24) is 0 Å². The molecule has 0 amide bonds. The van der Waals surface area contributed by atoms with Gasteiger partial charge < -0.3 is 5.11 Å². The van der Waals surface area contributed by atoms with Gasteiger partial charge in [0.25, 0.3) is 0 Å². The fourth-order valence-corrected chi connectivity index (χ4v) is 2.17. The van der Waals surface area contributed by atoms with E-state index in [0.29, 0.717) is 6.42 Å². The third-order valence-corrected chi connectivity index (χ3v) is 3.21. The molecule has 0 aliphatic rings. The molecule has 0 fully saturated rings. The maximum Gasteiger partial charge on any atom is 0.130 e. The van der Waals surface area contributed by atoms with E-state index in [1.54, 1.807) is 6.07 Å². The molecular weight excluding hydrogens is 251 g/mol. The van der Waals surface area contributed by atoms with Gasteiger partial charge in [-0.2, -0.15) is 0 Å². The summed E-state index contributed by atoms with van der Waals surface area (Å²) in [7, 11) is 0. The van der Waals surface area contributed by atoms with Crippen LogP contribution in [0.15, 0.2) is 42.5 Å². The van der Waals surface area contributed by atoms with Crippen LogP contribution < -0.4 is 0 Å². The quantitative estimate of drug-likeness (QED) is 0.886. The number of halogens is 2. The monoisotopic (exact) mass is 264 g/mol. The van der Waals surface area contributed by atoms with Gasteiger partial charge in [0.2, 0.25) is 0 Å². The molecule has 18 heavy (non-hydrogen) atoms. The minimum atomic E-state index is -0.929. The van der Waals surface area contributed by atoms with E-state index in [9.17, 15) is 9.50 Å². The number of aliphatic hydroxyl groups excluding tert-OH is 1. The van der Waals surface area contributed by atoms with Crippen molar-refractivity contribution in [2.75, 3.05) is 0 Å². The largest absolute Gasteiger partial charge is 0.388 e. The second-order valence-electron chi connectivity index (χ2n) is 4.34. The summed E-state index contributed by atoms with van der Waals surface area (Å²) in [4.78, 5) is 0. The molecule has 1 atom stereocenters. The molecule has 2 rings (SSSR count). The topological polar surface area (TPSA) is 20.2 Å². The fraction of sp³-hybridized carbons (Fsp3) is 0.200. The molecule has 0 aliphatic heterocycles. The summed E-state index contributed by atoms with van der Waals surface area (Å²) in [6, 6.07) is 12.2. The number of rotatable bonds is 3. The molecule has 0 bridgehead atoms. The summed E-state index contributed by atoms with van der Waals surface area (Å²) in [5.74, 6) is -0.470. The zero-order valence-electron chi connectivity index (χ0n) is 10.0. The standard InChI is InChI=1S/C15H14ClFO/c1-10-5-7-11(8-6-10)9-14(18)15-12(16)3-2-4-13(15)17/h2-8,14,18H,9H2,1H3. The van der Waals surface area contributed by atoms with Gasteiger partial charge in [0.05, 0.1) is 6.10 Å². The van der Waals surface area contributed by atoms with Crippen molar-refractivity contribution in [2.24, 2.45) is 0 Å². The highest BCUT2D eigenvalue weighted by Crippen LogP contribution is 2.28. The van der Waals surface area contributed by atoms with Crippen molar-refractivity contribution < 1.29 is 9.50 Å². The van der Waals surface area contributed by atoms with Crippen LogP contribution in [0.4, 0.5) is 4.39 Å². The number of aryl methyl sites for hydroxylation is 1. The zero-order chi connectivity index (χ0) is 13.1. The molecule has 1 nitrogen and oxygen atoms in total. The summed E-state index contributed by atoms with van der Waals surface area (Å²) in [5.41, 5.74) is 2.27. The third kappa shape index (κ3) is 2.89. The van der Waals surface area contributed by atoms with E-state index >= 15 is 0 Å². The van der Waals surface area contributed by atoms with E-state index in [0.717, 1.165) is 11.1 Å². The van der Waals surface area contributed by atoms with Crippen LogP contribution in [0.3, 0.4) is 0 Å². The minimum absolute atomic E-state index is 0.166. The lowest BCUT2D eigenvalue weighted by atomic mass is 10.0. The molecule has 1 unspecified atom stereocenters. The van der Waals surface area contributed by atoms with Crippen LogP contribution in [0, 0.1) is 12.7 Å².